The number of rotatable bonds is 5. The minimum absolute atomic E-state index is 0.0553. The van der Waals surface area contributed by atoms with Crippen molar-refractivity contribution in [2.75, 3.05) is 42.6 Å². The number of hydrogen-bond acceptors (Lipinski definition) is 8. The highest BCUT2D eigenvalue weighted by Gasteiger charge is 2.48. The van der Waals surface area contributed by atoms with Gasteiger partial charge in [-0.3, -0.25) is 4.90 Å². The third-order valence-electron chi connectivity index (χ3n) is 10.7. The van der Waals surface area contributed by atoms with Gasteiger partial charge in [0.15, 0.2) is 0 Å². The van der Waals surface area contributed by atoms with Gasteiger partial charge in [-0.25, -0.2) is 4.39 Å². The average molecular weight is 608 g/mol. The van der Waals surface area contributed by atoms with E-state index >= 15 is 0 Å². The van der Waals surface area contributed by atoms with Gasteiger partial charge in [-0.05, 0) is 80.8 Å². The zero-order chi connectivity index (χ0) is 29.5. The SMILES string of the molecule is C[C@H]1CN2CCC[C@@]2(COc2nc3c(c(N4CC5CC(O)CC4C5)n2)CCN(c2cc(O)cc4ccc(F)c(Cl)c24)C3)C1. The molecule has 228 valence electrons. The maximum absolute atomic E-state index is 14.6. The molecule has 4 aliphatic heterocycles. The van der Waals surface area contributed by atoms with Crippen molar-refractivity contribution in [3.8, 4) is 11.8 Å². The molecule has 2 bridgehead atoms. The molecule has 1 aliphatic carbocycles. The van der Waals surface area contributed by atoms with Crippen LogP contribution in [0.1, 0.15) is 56.7 Å². The van der Waals surface area contributed by atoms with Crippen molar-refractivity contribution in [3.05, 3.63) is 46.4 Å². The molecule has 2 N–H and O–H groups in total. The van der Waals surface area contributed by atoms with Crippen molar-refractivity contribution < 1.29 is 19.3 Å². The molecule has 10 heteroatoms. The van der Waals surface area contributed by atoms with E-state index in [1.54, 1.807) is 18.2 Å². The van der Waals surface area contributed by atoms with Crippen LogP contribution in [0.3, 0.4) is 0 Å². The molecule has 8 rings (SSSR count). The molecule has 1 saturated carbocycles. The first-order valence-electron chi connectivity index (χ1n) is 15.8. The van der Waals surface area contributed by atoms with Crippen molar-refractivity contribution in [1.29, 1.82) is 0 Å². The first-order valence-corrected chi connectivity index (χ1v) is 16.2. The summed E-state index contributed by atoms with van der Waals surface area (Å²) in [6.07, 6.45) is 6.57. The number of hydrogen-bond donors (Lipinski definition) is 2. The lowest BCUT2D eigenvalue weighted by Crippen LogP contribution is -2.43. The Morgan fingerprint density at radius 3 is 2.91 bits per heavy atom. The van der Waals surface area contributed by atoms with Crippen molar-refractivity contribution in [1.82, 2.24) is 14.9 Å². The number of fused-ring (bicyclic) bond motifs is 5. The third kappa shape index (κ3) is 4.70. The zero-order valence-corrected chi connectivity index (χ0v) is 25.4. The third-order valence-corrected chi connectivity index (χ3v) is 11.1. The Labute approximate surface area is 256 Å². The molecule has 0 amide bonds. The van der Waals surface area contributed by atoms with Crippen LogP contribution in [0.2, 0.25) is 5.02 Å². The Hall–Kier alpha value is -2.88. The van der Waals surface area contributed by atoms with Crippen molar-refractivity contribution in [2.24, 2.45) is 11.8 Å². The maximum atomic E-state index is 14.6. The molecule has 1 aromatic heterocycles. The number of phenolic OH excluding ortho intramolecular Hbond substituents is 1. The lowest BCUT2D eigenvalue weighted by atomic mass is 9.88. The summed E-state index contributed by atoms with van der Waals surface area (Å²) in [5.41, 5.74) is 2.74. The van der Waals surface area contributed by atoms with Crippen LogP contribution in [-0.2, 0) is 13.0 Å². The quantitative estimate of drug-likeness (QED) is 0.405. The van der Waals surface area contributed by atoms with Crippen LogP contribution in [-0.4, -0.2) is 75.6 Å². The normalized spacial score (nSPS) is 30.2. The van der Waals surface area contributed by atoms with E-state index in [0.717, 1.165) is 68.8 Å². The van der Waals surface area contributed by atoms with E-state index in [-0.39, 0.29) is 28.5 Å². The van der Waals surface area contributed by atoms with Crippen LogP contribution in [0.4, 0.5) is 15.9 Å². The number of aliphatic hydroxyl groups is 1. The van der Waals surface area contributed by atoms with Crippen molar-refractivity contribution >= 4 is 33.9 Å². The van der Waals surface area contributed by atoms with E-state index in [0.29, 0.717) is 60.4 Å². The molecule has 5 aliphatic rings. The van der Waals surface area contributed by atoms with Gasteiger partial charge in [0.2, 0.25) is 0 Å². The van der Waals surface area contributed by atoms with Crippen LogP contribution >= 0.6 is 11.6 Å². The molecule has 0 radical (unpaired) electrons. The molecule has 8 nitrogen and oxygen atoms in total. The number of aromatic nitrogens is 2. The van der Waals surface area contributed by atoms with Crippen LogP contribution in [0.5, 0.6) is 11.8 Å². The molecule has 3 aromatic rings. The molecule has 3 unspecified atom stereocenters. The van der Waals surface area contributed by atoms with Crippen molar-refractivity contribution in [3.63, 3.8) is 0 Å². The van der Waals surface area contributed by atoms with Gasteiger partial charge in [-0.1, -0.05) is 24.6 Å². The van der Waals surface area contributed by atoms with E-state index < -0.39 is 5.82 Å². The molecule has 4 fully saturated rings. The summed E-state index contributed by atoms with van der Waals surface area (Å²) in [7, 11) is 0. The van der Waals surface area contributed by atoms with Gasteiger partial charge >= 0.3 is 6.01 Å². The van der Waals surface area contributed by atoms with E-state index in [2.05, 4.69) is 21.6 Å². The fourth-order valence-electron chi connectivity index (χ4n) is 8.99. The second-order valence-corrected chi connectivity index (χ2v) is 14.1. The van der Waals surface area contributed by atoms with Gasteiger partial charge in [0.05, 0.1) is 34.6 Å². The molecule has 0 spiro atoms. The molecule has 5 heterocycles. The first kappa shape index (κ1) is 27.7. The fraction of sp³-hybridized carbons (Fsp3) is 0.576. The van der Waals surface area contributed by atoms with E-state index in [1.807, 2.05) is 0 Å². The summed E-state index contributed by atoms with van der Waals surface area (Å²) in [5, 5.41) is 22.4. The Balaban J connectivity index is 1.17. The highest BCUT2D eigenvalue weighted by atomic mass is 35.5. The Bertz CT molecular complexity index is 1590. The van der Waals surface area contributed by atoms with Gasteiger partial charge in [-0.15, -0.1) is 0 Å². The predicted octanol–water partition coefficient (Wildman–Crippen LogP) is 5.29. The molecule has 43 heavy (non-hydrogen) atoms. The summed E-state index contributed by atoms with van der Waals surface area (Å²) in [6, 6.07) is 6.93. The molecule has 5 atom stereocenters. The Morgan fingerprint density at radius 1 is 1.14 bits per heavy atom. The summed E-state index contributed by atoms with van der Waals surface area (Å²) in [6.45, 7) is 7.14. The van der Waals surface area contributed by atoms with E-state index in [1.165, 1.54) is 12.5 Å². The summed E-state index contributed by atoms with van der Waals surface area (Å²) in [5.74, 6) is 1.68. The van der Waals surface area contributed by atoms with Gasteiger partial charge < -0.3 is 24.7 Å². The monoisotopic (exact) mass is 607 g/mol. The highest BCUT2D eigenvalue weighted by Crippen LogP contribution is 2.44. The van der Waals surface area contributed by atoms with Gasteiger partial charge in [0.25, 0.3) is 0 Å². The minimum atomic E-state index is -0.484. The van der Waals surface area contributed by atoms with Crippen LogP contribution in [0, 0.1) is 17.7 Å². The van der Waals surface area contributed by atoms with Crippen LogP contribution in [0.15, 0.2) is 24.3 Å². The summed E-state index contributed by atoms with van der Waals surface area (Å²) < 4.78 is 21.1. The smallest absolute Gasteiger partial charge is 0.318 e. The maximum Gasteiger partial charge on any atom is 0.318 e. The second-order valence-electron chi connectivity index (χ2n) is 13.8. The largest absolute Gasteiger partial charge is 0.508 e. The van der Waals surface area contributed by atoms with Crippen LogP contribution < -0.4 is 14.5 Å². The zero-order valence-electron chi connectivity index (χ0n) is 24.6. The fourth-order valence-corrected chi connectivity index (χ4v) is 9.26. The van der Waals surface area contributed by atoms with Gasteiger partial charge in [0.1, 0.15) is 24.0 Å². The number of nitrogens with zero attached hydrogens (tertiary/aromatic N) is 5. The first-order chi connectivity index (χ1) is 20.8. The number of anilines is 2. The van der Waals surface area contributed by atoms with E-state index in [4.69, 9.17) is 26.3 Å². The van der Waals surface area contributed by atoms with Gasteiger partial charge in [0, 0.05) is 42.7 Å². The molecule has 3 saturated heterocycles. The van der Waals surface area contributed by atoms with Crippen LogP contribution in [0.25, 0.3) is 10.8 Å². The number of aromatic hydroxyl groups is 1. The number of phenols is 1. The topological polar surface area (TPSA) is 85.2 Å². The lowest BCUT2D eigenvalue weighted by Gasteiger charge is -2.35. The Kier molecular flexibility index (Phi) is 6.65. The molecular weight excluding hydrogens is 569 g/mol. The predicted molar refractivity (Wildman–Crippen MR) is 165 cm³/mol. The average Bonchev–Trinajstić information content (AvgIpc) is 3.61. The van der Waals surface area contributed by atoms with Crippen molar-refractivity contribution in [2.45, 2.75) is 76.1 Å². The van der Waals surface area contributed by atoms with E-state index in [9.17, 15) is 14.6 Å². The molecule has 2 aromatic carbocycles. The molecular formula is C33H39ClFN5O3. The highest BCUT2D eigenvalue weighted by molar-refractivity contribution is 6.36. The Morgan fingerprint density at radius 2 is 2.02 bits per heavy atom. The number of ether oxygens (including phenoxy) is 1. The number of benzene rings is 2. The lowest BCUT2D eigenvalue weighted by molar-refractivity contribution is 0.107. The second kappa shape index (κ2) is 10.3. The summed E-state index contributed by atoms with van der Waals surface area (Å²) in [4.78, 5) is 17.2. The minimum Gasteiger partial charge on any atom is -0.508 e. The summed E-state index contributed by atoms with van der Waals surface area (Å²) >= 11 is 6.50. The number of halogens is 2. The van der Waals surface area contributed by atoms with Gasteiger partial charge in [-0.2, -0.15) is 9.97 Å². The number of aliphatic hydroxyl groups excluding tert-OH is 1. The standard InChI is InChI=1S/C33H39ClFN5O3/c1-19-14-33(6-2-7-39(33)15-19)18-43-32-36-27-17-38(28-13-24(42)11-21-3-4-26(35)30(34)29(21)28)8-5-25(27)31(37-32)40-16-20-9-22(40)12-23(41)10-20/h3-4,11,13,19-20,22-23,41-42H,2,5-10,12,14-18H2,1H3/t19-,20?,22?,23?,33+/m1/s1.